The number of thioether (sulfide) groups is 1. The predicted molar refractivity (Wildman–Crippen MR) is 131 cm³/mol. The van der Waals surface area contributed by atoms with E-state index in [1.54, 1.807) is 30.3 Å². The highest BCUT2D eigenvalue weighted by Gasteiger charge is 2.39. The molecule has 1 heterocycles. The number of nitrogens with two attached hydrogens (primary N) is 1. The van der Waals surface area contributed by atoms with Crippen LogP contribution >= 0.6 is 39.3 Å². The van der Waals surface area contributed by atoms with Gasteiger partial charge >= 0.3 is 5.97 Å². The van der Waals surface area contributed by atoms with Gasteiger partial charge in [0.2, 0.25) is 5.91 Å². The molecule has 7 nitrogen and oxygen atoms in total. The van der Waals surface area contributed by atoms with Gasteiger partial charge in [-0.25, -0.2) is 9.79 Å². The molecule has 168 valence electrons. The molecular weight excluding hydrogens is 518 g/mol. The van der Waals surface area contributed by atoms with Gasteiger partial charge in [0.15, 0.2) is 0 Å². The molecule has 0 radical (unpaired) electrons. The molecule has 0 aliphatic carbocycles. The highest BCUT2D eigenvalue weighted by Crippen LogP contribution is 2.37. The maximum absolute atomic E-state index is 13.0. The molecule has 2 aromatic rings. The molecule has 1 atom stereocenters. The Bertz CT molecular complexity index is 1110. The van der Waals surface area contributed by atoms with Gasteiger partial charge in [0.25, 0.3) is 0 Å². The summed E-state index contributed by atoms with van der Waals surface area (Å²) in [5.74, 6) is -1.05. The van der Waals surface area contributed by atoms with Crippen LogP contribution in [-0.2, 0) is 19.1 Å². The number of benzene rings is 2. The molecule has 1 aliphatic heterocycles. The van der Waals surface area contributed by atoms with E-state index in [2.05, 4.69) is 26.2 Å². The summed E-state index contributed by atoms with van der Waals surface area (Å²) in [4.78, 5) is 30.2. The van der Waals surface area contributed by atoms with Gasteiger partial charge in [-0.05, 0) is 42.8 Å². The van der Waals surface area contributed by atoms with Crippen molar-refractivity contribution in [3.63, 3.8) is 0 Å². The minimum absolute atomic E-state index is 0.0468. The predicted octanol–water partition coefficient (Wildman–Crippen LogP) is 4.60. The van der Waals surface area contributed by atoms with Crippen molar-refractivity contribution in [2.75, 3.05) is 25.6 Å². The molecule has 0 aromatic heterocycles. The number of nitrogens with one attached hydrogen (secondary N) is 1. The van der Waals surface area contributed by atoms with Gasteiger partial charge in [0, 0.05) is 23.0 Å². The maximum Gasteiger partial charge on any atom is 0.342 e. The molecule has 1 aliphatic rings. The number of carbonyl (C=O) groups is 2. The molecule has 0 saturated carbocycles. The Morgan fingerprint density at radius 2 is 2.00 bits per heavy atom. The van der Waals surface area contributed by atoms with Crippen molar-refractivity contribution in [2.24, 2.45) is 10.7 Å². The normalized spacial score (nSPS) is 17.0. The topological polar surface area (TPSA) is 103 Å². The molecule has 2 aromatic carbocycles. The fourth-order valence-corrected chi connectivity index (χ4v) is 4.37. The first-order valence-electron chi connectivity index (χ1n) is 9.54. The van der Waals surface area contributed by atoms with Crippen LogP contribution in [0.5, 0.6) is 0 Å². The lowest BCUT2D eigenvalue weighted by molar-refractivity contribution is -0.139. The number of aliphatic imine (C=N–C) groups is 1. The molecular formula is C22H21BrClN3O4S. The van der Waals surface area contributed by atoms with Crippen molar-refractivity contribution >= 4 is 67.6 Å². The van der Waals surface area contributed by atoms with E-state index in [1.807, 2.05) is 19.1 Å². The van der Waals surface area contributed by atoms with Gasteiger partial charge in [0.1, 0.15) is 22.5 Å². The summed E-state index contributed by atoms with van der Waals surface area (Å²) in [7, 11) is 1.50. The van der Waals surface area contributed by atoms with Crippen LogP contribution < -0.4 is 11.1 Å². The second-order valence-electron chi connectivity index (χ2n) is 6.78. The summed E-state index contributed by atoms with van der Waals surface area (Å²) in [6, 6.07) is 12.4. The molecule has 1 amide bonds. The van der Waals surface area contributed by atoms with E-state index in [4.69, 9.17) is 26.8 Å². The number of esters is 1. The highest BCUT2D eigenvalue weighted by molar-refractivity contribution is 9.10. The number of hydrogen-bond acceptors (Lipinski definition) is 7. The molecule has 3 rings (SSSR count). The third kappa shape index (κ3) is 5.72. The molecule has 32 heavy (non-hydrogen) atoms. The lowest BCUT2D eigenvalue weighted by atomic mass is 10.1. The van der Waals surface area contributed by atoms with E-state index in [-0.39, 0.29) is 35.4 Å². The first kappa shape index (κ1) is 24.3. The molecule has 0 bridgehead atoms. The number of hydrogen-bond donors (Lipinski definition) is 2. The van der Waals surface area contributed by atoms with E-state index in [0.29, 0.717) is 16.4 Å². The number of para-hydroxylation sites is 1. The zero-order valence-corrected chi connectivity index (χ0v) is 20.5. The Kier molecular flexibility index (Phi) is 8.36. The molecule has 0 spiro atoms. The van der Waals surface area contributed by atoms with Gasteiger partial charge in [0.05, 0.1) is 17.3 Å². The van der Waals surface area contributed by atoms with Gasteiger partial charge < -0.3 is 20.5 Å². The SMILES string of the molecule is COCCOC(=O)C1=C(N)[C@H](C(=O)Nc2ccc(Br)c(C)c2)SC1=Nc1ccccc1Cl. The Morgan fingerprint density at radius 1 is 1.25 bits per heavy atom. The number of aryl methyl sites for hydroxylation is 1. The number of halogens is 2. The van der Waals surface area contributed by atoms with Crippen LogP contribution in [0.25, 0.3) is 0 Å². The Hall–Kier alpha value is -2.33. The standard InChI is InChI=1S/C22H21BrClN3O4S/c1-12-11-13(7-8-14(12)23)26-20(28)19-18(25)17(22(29)31-10-9-30-2)21(32-19)27-16-6-4-3-5-15(16)24/h3-8,11,19H,9-10,25H2,1-2H3,(H,26,28)/t19-/m1/s1. The first-order chi connectivity index (χ1) is 15.3. The number of rotatable bonds is 7. The molecule has 0 unspecified atom stereocenters. The number of anilines is 1. The maximum atomic E-state index is 13.0. The monoisotopic (exact) mass is 537 g/mol. The summed E-state index contributed by atoms with van der Waals surface area (Å²) < 4.78 is 11.1. The number of methoxy groups -OCH3 is 1. The zero-order valence-electron chi connectivity index (χ0n) is 17.4. The Morgan fingerprint density at radius 3 is 2.69 bits per heavy atom. The largest absolute Gasteiger partial charge is 0.460 e. The molecule has 0 saturated heterocycles. The van der Waals surface area contributed by atoms with Crippen molar-refractivity contribution in [3.8, 4) is 0 Å². The van der Waals surface area contributed by atoms with Gasteiger partial charge in [-0.15, -0.1) is 0 Å². The second-order valence-corrected chi connectivity index (χ2v) is 9.13. The summed E-state index contributed by atoms with van der Waals surface area (Å²) in [5.41, 5.74) is 8.43. The lowest BCUT2D eigenvalue weighted by Crippen LogP contribution is -2.29. The Balaban J connectivity index is 1.91. The van der Waals surface area contributed by atoms with E-state index in [1.165, 1.54) is 7.11 Å². The average molecular weight is 539 g/mol. The van der Waals surface area contributed by atoms with Crippen molar-refractivity contribution in [3.05, 3.63) is 68.8 Å². The molecule has 3 N–H and O–H groups in total. The Labute approximate surface area is 203 Å². The minimum atomic E-state index is -0.856. The quantitative estimate of drug-likeness (QED) is 0.395. The minimum Gasteiger partial charge on any atom is -0.460 e. The molecule has 0 fully saturated rings. The van der Waals surface area contributed by atoms with Gasteiger partial charge in [-0.2, -0.15) is 0 Å². The summed E-state index contributed by atoms with van der Waals surface area (Å²) in [5, 5.41) is 2.66. The number of carbonyl (C=O) groups excluding carboxylic acids is 2. The van der Waals surface area contributed by atoms with E-state index >= 15 is 0 Å². The highest BCUT2D eigenvalue weighted by atomic mass is 79.9. The van der Waals surface area contributed by atoms with E-state index in [9.17, 15) is 9.59 Å². The van der Waals surface area contributed by atoms with Crippen molar-refractivity contribution in [1.82, 2.24) is 0 Å². The van der Waals surface area contributed by atoms with Crippen molar-refractivity contribution in [1.29, 1.82) is 0 Å². The number of ether oxygens (including phenoxy) is 2. The second kappa shape index (κ2) is 11.0. The van der Waals surface area contributed by atoms with Crippen LogP contribution in [0.4, 0.5) is 11.4 Å². The van der Waals surface area contributed by atoms with Crippen LogP contribution in [0.3, 0.4) is 0 Å². The van der Waals surface area contributed by atoms with Gasteiger partial charge in [-0.1, -0.05) is 51.4 Å². The fraction of sp³-hybridized carbons (Fsp3) is 0.227. The van der Waals surface area contributed by atoms with Crippen LogP contribution in [0.15, 0.2) is 63.2 Å². The summed E-state index contributed by atoms with van der Waals surface area (Å²) >= 11 is 10.7. The van der Waals surface area contributed by atoms with E-state index in [0.717, 1.165) is 21.8 Å². The molecule has 10 heteroatoms. The van der Waals surface area contributed by atoms with Crippen LogP contribution in [-0.4, -0.2) is 42.5 Å². The van der Waals surface area contributed by atoms with Crippen molar-refractivity contribution in [2.45, 2.75) is 12.2 Å². The zero-order chi connectivity index (χ0) is 23.3. The smallest absolute Gasteiger partial charge is 0.342 e. The van der Waals surface area contributed by atoms with Crippen molar-refractivity contribution < 1.29 is 19.1 Å². The van der Waals surface area contributed by atoms with E-state index < -0.39 is 11.2 Å². The third-order valence-electron chi connectivity index (χ3n) is 4.48. The third-order valence-corrected chi connectivity index (χ3v) is 6.91. The van der Waals surface area contributed by atoms with Crippen LogP contribution in [0.2, 0.25) is 5.02 Å². The average Bonchev–Trinajstić information content (AvgIpc) is 3.08. The van der Waals surface area contributed by atoms with Crippen LogP contribution in [0, 0.1) is 6.92 Å². The number of nitrogens with zero attached hydrogens (tertiary/aromatic N) is 1. The summed E-state index contributed by atoms with van der Waals surface area (Å²) in [6.45, 7) is 2.20. The summed E-state index contributed by atoms with van der Waals surface area (Å²) in [6.07, 6.45) is 0. The van der Waals surface area contributed by atoms with Gasteiger partial charge in [-0.3, -0.25) is 4.79 Å². The van der Waals surface area contributed by atoms with Crippen LogP contribution in [0.1, 0.15) is 5.56 Å². The fourth-order valence-electron chi connectivity index (χ4n) is 2.84. The lowest BCUT2D eigenvalue weighted by Gasteiger charge is -2.12. The first-order valence-corrected chi connectivity index (χ1v) is 11.6. The number of amides is 1.